The number of hydrogen-bond donors (Lipinski definition) is 2. The van der Waals surface area contributed by atoms with Crippen LogP contribution in [0.4, 0.5) is 11.5 Å². The van der Waals surface area contributed by atoms with Crippen molar-refractivity contribution >= 4 is 38.8 Å². The molecule has 1 saturated heterocycles. The minimum absolute atomic E-state index is 0.00768. The first-order valence-electron chi connectivity index (χ1n) is 8.20. The summed E-state index contributed by atoms with van der Waals surface area (Å²) in [4.78, 5) is 19.9. The Kier molecular flexibility index (Phi) is 4.64. The maximum Gasteiger partial charge on any atom is 0.171 e. The van der Waals surface area contributed by atoms with Gasteiger partial charge in [-0.15, -0.1) is 11.3 Å². The molecule has 0 unspecified atom stereocenters. The fourth-order valence-electron chi connectivity index (χ4n) is 2.94. The van der Waals surface area contributed by atoms with E-state index in [9.17, 15) is 9.90 Å². The number of carbonyl (C=O) groups excluding carboxylic acids is 1. The SMILES string of the molecule is CC(=O)c1sc2nc(N3CCC(O)CC3)cc(OC(C)C)c2c1N. The summed E-state index contributed by atoms with van der Waals surface area (Å²) in [5.74, 6) is 1.41. The molecule has 24 heavy (non-hydrogen) atoms. The van der Waals surface area contributed by atoms with Crippen molar-refractivity contribution in [1.29, 1.82) is 0 Å². The topological polar surface area (TPSA) is 88.7 Å². The van der Waals surface area contributed by atoms with E-state index in [1.165, 1.54) is 18.3 Å². The molecule has 1 aliphatic rings. The lowest BCUT2D eigenvalue weighted by molar-refractivity contribution is 0.102. The average Bonchev–Trinajstić information content (AvgIpc) is 2.85. The van der Waals surface area contributed by atoms with Crippen LogP contribution in [-0.4, -0.2) is 41.2 Å². The van der Waals surface area contributed by atoms with E-state index in [2.05, 4.69) is 4.90 Å². The number of hydrogen-bond acceptors (Lipinski definition) is 7. The van der Waals surface area contributed by atoms with Crippen LogP contribution >= 0.6 is 11.3 Å². The Morgan fingerprint density at radius 2 is 2.12 bits per heavy atom. The normalized spacial score (nSPS) is 16.1. The summed E-state index contributed by atoms with van der Waals surface area (Å²) >= 11 is 1.31. The molecular weight excluding hydrogens is 326 g/mol. The second-order valence-electron chi connectivity index (χ2n) is 6.44. The molecule has 0 atom stereocenters. The van der Waals surface area contributed by atoms with Crippen molar-refractivity contribution in [3.05, 3.63) is 10.9 Å². The highest BCUT2D eigenvalue weighted by Gasteiger charge is 2.23. The molecule has 3 rings (SSSR count). The lowest BCUT2D eigenvalue weighted by Gasteiger charge is -2.30. The Balaban J connectivity index is 2.10. The number of ether oxygens (including phenoxy) is 1. The zero-order valence-corrected chi connectivity index (χ0v) is 15.0. The Morgan fingerprint density at radius 1 is 1.46 bits per heavy atom. The Bertz CT molecular complexity index is 764. The molecule has 0 saturated carbocycles. The van der Waals surface area contributed by atoms with Crippen LogP contribution in [0, 0.1) is 0 Å². The van der Waals surface area contributed by atoms with Gasteiger partial charge in [0.2, 0.25) is 0 Å². The molecule has 2 aromatic heterocycles. The van der Waals surface area contributed by atoms with E-state index in [1.54, 1.807) is 0 Å². The molecule has 3 N–H and O–H groups in total. The van der Waals surface area contributed by atoms with Crippen molar-refractivity contribution in [2.45, 2.75) is 45.8 Å². The van der Waals surface area contributed by atoms with Gasteiger partial charge in [0, 0.05) is 26.1 Å². The highest BCUT2D eigenvalue weighted by Crippen LogP contribution is 2.41. The van der Waals surface area contributed by atoms with Crippen molar-refractivity contribution in [3.63, 3.8) is 0 Å². The number of fused-ring (bicyclic) bond motifs is 1. The monoisotopic (exact) mass is 349 g/mol. The number of thiophene rings is 1. The number of aromatic nitrogens is 1. The number of pyridine rings is 1. The number of nitrogen functional groups attached to an aromatic ring is 1. The van der Waals surface area contributed by atoms with Gasteiger partial charge in [0.05, 0.1) is 28.2 Å². The van der Waals surface area contributed by atoms with Gasteiger partial charge in [0.15, 0.2) is 5.78 Å². The molecule has 0 spiro atoms. The maximum absolute atomic E-state index is 11.8. The number of nitrogens with zero attached hydrogens (tertiary/aromatic N) is 2. The van der Waals surface area contributed by atoms with Gasteiger partial charge in [-0.2, -0.15) is 0 Å². The lowest BCUT2D eigenvalue weighted by atomic mass is 10.1. The summed E-state index contributed by atoms with van der Waals surface area (Å²) in [6, 6.07) is 1.90. The molecule has 0 bridgehead atoms. The van der Waals surface area contributed by atoms with Gasteiger partial charge < -0.3 is 20.5 Å². The standard InChI is InChI=1S/C17H23N3O3S/c1-9(2)23-12-8-13(20-6-4-11(22)5-7-20)19-17-14(12)15(18)16(24-17)10(3)21/h8-9,11,22H,4-7,18H2,1-3H3. The van der Waals surface area contributed by atoms with E-state index in [0.29, 0.717) is 16.3 Å². The molecule has 6 nitrogen and oxygen atoms in total. The number of aliphatic hydroxyl groups excluding tert-OH is 1. The van der Waals surface area contributed by atoms with Gasteiger partial charge in [0.25, 0.3) is 0 Å². The van der Waals surface area contributed by atoms with Crippen LogP contribution in [0.5, 0.6) is 5.75 Å². The first-order valence-corrected chi connectivity index (χ1v) is 9.02. The van der Waals surface area contributed by atoms with Crippen LogP contribution < -0.4 is 15.4 Å². The van der Waals surface area contributed by atoms with E-state index in [-0.39, 0.29) is 18.0 Å². The van der Waals surface area contributed by atoms with Crippen molar-refractivity contribution < 1.29 is 14.6 Å². The molecule has 2 aromatic rings. The zero-order valence-electron chi connectivity index (χ0n) is 14.2. The van der Waals surface area contributed by atoms with Crippen molar-refractivity contribution in [3.8, 4) is 5.75 Å². The third kappa shape index (κ3) is 3.18. The Morgan fingerprint density at radius 3 is 2.71 bits per heavy atom. The minimum atomic E-state index is -0.238. The molecule has 0 amide bonds. The van der Waals surface area contributed by atoms with E-state index in [0.717, 1.165) is 42.0 Å². The molecular formula is C17H23N3O3S. The van der Waals surface area contributed by atoms with Crippen LogP contribution in [0.2, 0.25) is 0 Å². The third-order valence-electron chi connectivity index (χ3n) is 4.12. The van der Waals surface area contributed by atoms with Gasteiger partial charge in [0.1, 0.15) is 16.4 Å². The van der Waals surface area contributed by atoms with Crippen molar-refractivity contribution in [2.24, 2.45) is 0 Å². The van der Waals surface area contributed by atoms with Crippen LogP contribution in [-0.2, 0) is 0 Å². The summed E-state index contributed by atoms with van der Waals surface area (Å²) in [7, 11) is 0. The molecule has 7 heteroatoms. The lowest BCUT2D eigenvalue weighted by Crippen LogP contribution is -2.36. The van der Waals surface area contributed by atoms with Crippen molar-refractivity contribution in [2.75, 3.05) is 23.7 Å². The predicted molar refractivity (Wildman–Crippen MR) is 97.3 cm³/mol. The van der Waals surface area contributed by atoms with E-state index in [4.69, 9.17) is 15.5 Å². The molecule has 130 valence electrons. The number of anilines is 2. The molecule has 1 aliphatic heterocycles. The summed E-state index contributed by atoms with van der Waals surface area (Å²) in [6.07, 6.45) is 1.21. The average molecular weight is 349 g/mol. The van der Waals surface area contributed by atoms with Crippen molar-refractivity contribution in [1.82, 2.24) is 4.98 Å². The van der Waals surface area contributed by atoms with Crippen LogP contribution in [0.15, 0.2) is 6.07 Å². The van der Waals surface area contributed by atoms with Crippen LogP contribution in [0.1, 0.15) is 43.3 Å². The van der Waals surface area contributed by atoms with Gasteiger partial charge in [-0.05, 0) is 26.7 Å². The highest BCUT2D eigenvalue weighted by molar-refractivity contribution is 7.21. The summed E-state index contributed by atoms with van der Waals surface area (Å²) in [5, 5.41) is 10.4. The maximum atomic E-state index is 11.8. The van der Waals surface area contributed by atoms with Crippen LogP contribution in [0.3, 0.4) is 0 Å². The number of carbonyl (C=O) groups is 1. The highest BCUT2D eigenvalue weighted by atomic mass is 32.1. The molecule has 0 radical (unpaired) electrons. The second kappa shape index (κ2) is 6.57. The van der Waals surface area contributed by atoms with Gasteiger partial charge in [-0.25, -0.2) is 4.98 Å². The minimum Gasteiger partial charge on any atom is -0.490 e. The van der Waals surface area contributed by atoms with Gasteiger partial charge in [-0.3, -0.25) is 4.79 Å². The van der Waals surface area contributed by atoms with Gasteiger partial charge in [-0.1, -0.05) is 0 Å². The number of Topliss-reactive ketones (excluding diaryl/α,β-unsaturated/α-hetero) is 1. The smallest absolute Gasteiger partial charge is 0.171 e. The number of ketones is 1. The number of rotatable bonds is 4. The molecule has 1 fully saturated rings. The van der Waals surface area contributed by atoms with E-state index >= 15 is 0 Å². The first kappa shape index (κ1) is 17.0. The predicted octanol–water partition coefficient (Wildman–Crippen LogP) is 2.83. The van der Waals surface area contributed by atoms with Gasteiger partial charge >= 0.3 is 0 Å². The number of nitrogens with two attached hydrogens (primary N) is 1. The fraction of sp³-hybridized carbons (Fsp3) is 0.529. The Labute approximate surface area is 145 Å². The fourth-order valence-corrected chi connectivity index (χ4v) is 3.94. The first-order chi connectivity index (χ1) is 11.4. The third-order valence-corrected chi connectivity index (χ3v) is 5.32. The number of aliphatic hydroxyl groups is 1. The zero-order chi connectivity index (χ0) is 17.4. The second-order valence-corrected chi connectivity index (χ2v) is 7.44. The number of piperidine rings is 1. The molecule has 3 heterocycles. The summed E-state index contributed by atoms with van der Waals surface area (Å²) < 4.78 is 5.95. The quantitative estimate of drug-likeness (QED) is 0.825. The summed E-state index contributed by atoms with van der Waals surface area (Å²) in [5.41, 5.74) is 6.64. The Hall–Kier alpha value is -1.86. The van der Waals surface area contributed by atoms with E-state index in [1.807, 2.05) is 19.9 Å². The summed E-state index contributed by atoms with van der Waals surface area (Å²) in [6.45, 7) is 6.93. The van der Waals surface area contributed by atoms with E-state index < -0.39 is 0 Å². The molecule has 0 aromatic carbocycles. The molecule has 0 aliphatic carbocycles. The van der Waals surface area contributed by atoms with Crippen LogP contribution in [0.25, 0.3) is 10.2 Å². The largest absolute Gasteiger partial charge is 0.490 e.